The first-order valence-corrected chi connectivity index (χ1v) is 7.39. The number of amides is 1. The first-order chi connectivity index (χ1) is 10.9. The van der Waals surface area contributed by atoms with Crippen molar-refractivity contribution in [2.24, 2.45) is 0 Å². The number of nitrogens with zero attached hydrogens (tertiary/aromatic N) is 2. The maximum atomic E-state index is 12.1. The van der Waals surface area contributed by atoms with Crippen LogP contribution in [0.3, 0.4) is 0 Å². The van der Waals surface area contributed by atoms with Gasteiger partial charge in [0.2, 0.25) is 0 Å². The smallest absolute Gasteiger partial charge is 0.270 e. The van der Waals surface area contributed by atoms with Crippen molar-refractivity contribution in [3.8, 4) is 5.75 Å². The summed E-state index contributed by atoms with van der Waals surface area (Å²) in [5.74, 6) is 1.21. The van der Waals surface area contributed by atoms with E-state index in [0.717, 1.165) is 11.3 Å². The molecule has 0 saturated carbocycles. The third kappa shape index (κ3) is 5.25. The highest BCUT2D eigenvalue weighted by Crippen LogP contribution is 2.13. The van der Waals surface area contributed by atoms with E-state index in [0.29, 0.717) is 18.1 Å². The van der Waals surface area contributed by atoms with Gasteiger partial charge in [-0.05, 0) is 38.5 Å². The fourth-order valence-corrected chi connectivity index (χ4v) is 1.92. The zero-order chi connectivity index (χ0) is 16.9. The second-order valence-electron chi connectivity index (χ2n) is 6.19. The van der Waals surface area contributed by atoms with Crippen molar-refractivity contribution in [2.75, 3.05) is 12.4 Å². The van der Waals surface area contributed by atoms with E-state index in [4.69, 9.17) is 4.74 Å². The summed E-state index contributed by atoms with van der Waals surface area (Å²) in [5, 5.41) is 6.06. The van der Waals surface area contributed by atoms with Crippen LogP contribution in [0.4, 0.5) is 5.82 Å². The third-order valence-corrected chi connectivity index (χ3v) is 3.02. The van der Waals surface area contributed by atoms with E-state index in [1.165, 1.54) is 6.33 Å². The van der Waals surface area contributed by atoms with Gasteiger partial charge in [0.25, 0.3) is 5.91 Å². The van der Waals surface area contributed by atoms with Gasteiger partial charge in [-0.25, -0.2) is 9.97 Å². The molecule has 1 heterocycles. The molecule has 6 nitrogen and oxygen atoms in total. The molecule has 6 heteroatoms. The van der Waals surface area contributed by atoms with Crippen molar-refractivity contribution in [2.45, 2.75) is 32.9 Å². The first kappa shape index (κ1) is 16.7. The van der Waals surface area contributed by atoms with E-state index in [-0.39, 0.29) is 11.4 Å². The Kier molecular flexibility index (Phi) is 5.16. The lowest BCUT2D eigenvalue weighted by atomic mass is 10.1. The van der Waals surface area contributed by atoms with Gasteiger partial charge in [-0.2, -0.15) is 0 Å². The molecule has 1 amide bonds. The molecule has 0 aliphatic carbocycles. The van der Waals surface area contributed by atoms with Gasteiger partial charge in [-0.3, -0.25) is 4.79 Å². The minimum absolute atomic E-state index is 0.215. The zero-order valence-corrected chi connectivity index (χ0v) is 13.9. The van der Waals surface area contributed by atoms with E-state index >= 15 is 0 Å². The summed E-state index contributed by atoms with van der Waals surface area (Å²) in [6.45, 7) is 6.38. The maximum absolute atomic E-state index is 12.1. The Morgan fingerprint density at radius 2 is 1.87 bits per heavy atom. The number of aromatic nitrogens is 2. The molecule has 0 unspecified atom stereocenters. The van der Waals surface area contributed by atoms with Gasteiger partial charge in [-0.1, -0.05) is 12.1 Å². The summed E-state index contributed by atoms with van der Waals surface area (Å²) in [6.07, 6.45) is 1.38. The van der Waals surface area contributed by atoms with Crippen LogP contribution in [-0.4, -0.2) is 28.5 Å². The Balaban J connectivity index is 2.00. The van der Waals surface area contributed by atoms with Crippen molar-refractivity contribution in [3.63, 3.8) is 0 Å². The average molecular weight is 314 g/mol. The molecule has 0 aliphatic rings. The molecule has 2 aromatic rings. The second kappa shape index (κ2) is 7.09. The molecule has 23 heavy (non-hydrogen) atoms. The Labute approximate surface area is 136 Å². The summed E-state index contributed by atoms with van der Waals surface area (Å²) in [4.78, 5) is 20.3. The lowest BCUT2D eigenvalue weighted by molar-refractivity contribution is 0.0914. The number of methoxy groups -OCH3 is 1. The maximum Gasteiger partial charge on any atom is 0.270 e. The number of anilines is 1. The summed E-state index contributed by atoms with van der Waals surface area (Å²) < 4.78 is 5.13. The van der Waals surface area contributed by atoms with Crippen LogP contribution in [0.1, 0.15) is 36.8 Å². The number of carbonyl (C=O) groups is 1. The summed E-state index contributed by atoms with van der Waals surface area (Å²) >= 11 is 0. The Morgan fingerprint density at radius 3 is 2.48 bits per heavy atom. The Bertz CT molecular complexity index is 663. The fourth-order valence-electron chi connectivity index (χ4n) is 1.92. The second-order valence-corrected chi connectivity index (χ2v) is 6.19. The highest BCUT2D eigenvalue weighted by atomic mass is 16.5. The van der Waals surface area contributed by atoms with Crippen LogP contribution >= 0.6 is 0 Å². The molecular weight excluding hydrogens is 292 g/mol. The number of carbonyl (C=O) groups excluding carboxylic acids is 1. The normalized spacial score (nSPS) is 11.0. The number of hydrogen-bond donors (Lipinski definition) is 2. The number of nitrogens with one attached hydrogen (secondary N) is 2. The van der Waals surface area contributed by atoms with Crippen LogP contribution in [0.5, 0.6) is 5.75 Å². The zero-order valence-electron chi connectivity index (χ0n) is 13.9. The summed E-state index contributed by atoms with van der Waals surface area (Å²) in [7, 11) is 1.64. The predicted octanol–water partition coefficient (Wildman–Crippen LogP) is 2.63. The van der Waals surface area contributed by atoms with Crippen LogP contribution in [0.2, 0.25) is 0 Å². The Hall–Kier alpha value is -2.63. The van der Waals surface area contributed by atoms with Gasteiger partial charge in [0.1, 0.15) is 23.6 Å². The minimum atomic E-state index is -0.307. The molecule has 0 bridgehead atoms. The van der Waals surface area contributed by atoms with Gasteiger partial charge in [0.05, 0.1) is 7.11 Å². The number of hydrogen-bond acceptors (Lipinski definition) is 5. The van der Waals surface area contributed by atoms with Crippen LogP contribution in [0, 0.1) is 0 Å². The van der Waals surface area contributed by atoms with Crippen LogP contribution in [0.15, 0.2) is 36.7 Å². The molecule has 2 rings (SSSR count). The monoisotopic (exact) mass is 314 g/mol. The molecule has 0 aliphatic heterocycles. The molecular formula is C17H22N4O2. The molecule has 0 radical (unpaired) electrons. The first-order valence-electron chi connectivity index (χ1n) is 7.39. The highest BCUT2D eigenvalue weighted by Gasteiger charge is 2.16. The number of benzene rings is 1. The van der Waals surface area contributed by atoms with Crippen molar-refractivity contribution in [1.29, 1.82) is 0 Å². The van der Waals surface area contributed by atoms with E-state index < -0.39 is 0 Å². The van der Waals surface area contributed by atoms with Crippen molar-refractivity contribution >= 4 is 11.7 Å². The molecule has 122 valence electrons. The Morgan fingerprint density at radius 1 is 1.17 bits per heavy atom. The van der Waals surface area contributed by atoms with Crippen LogP contribution in [-0.2, 0) is 6.54 Å². The van der Waals surface area contributed by atoms with Gasteiger partial charge in [-0.15, -0.1) is 0 Å². The summed E-state index contributed by atoms with van der Waals surface area (Å²) in [5.41, 5.74) is 1.12. The SMILES string of the molecule is COc1ccc(CNc2cc(C(=O)NC(C)(C)C)ncn2)cc1. The quantitative estimate of drug-likeness (QED) is 0.887. The van der Waals surface area contributed by atoms with Gasteiger partial charge in [0.15, 0.2) is 0 Å². The topological polar surface area (TPSA) is 76.1 Å². The van der Waals surface area contributed by atoms with Crippen molar-refractivity contribution in [1.82, 2.24) is 15.3 Å². The third-order valence-electron chi connectivity index (χ3n) is 3.02. The molecule has 2 N–H and O–H groups in total. The van der Waals surface area contributed by atoms with E-state index in [1.54, 1.807) is 13.2 Å². The lowest BCUT2D eigenvalue weighted by Crippen LogP contribution is -2.40. The largest absolute Gasteiger partial charge is 0.497 e. The van der Waals surface area contributed by atoms with E-state index in [2.05, 4.69) is 20.6 Å². The lowest BCUT2D eigenvalue weighted by Gasteiger charge is -2.20. The van der Waals surface area contributed by atoms with E-state index in [1.807, 2.05) is 45.0 Å². The van der Waals surface area contributed by atoms with Crippen molar-refractivity contribution in [3.05, 3.63) is 47.9 Å². The number of ether oxygens (including phenoxy) is 1. The van der Waals surface area contributed by atoms with Crippen LogP contribution < -0.4 is 15.4 Å². The van der Waals surface area contributed by atoms with E-state index in [9.17, 15) is 4.79 Å². The van der Waals surface area contributed by atoms with Gasteiger partial charge < -0.3 is 15.4 Å². The minimum Gasteiger partial charge on any atom is -0.497 e. The number of rotatable bonds is 5. The standard InChI is InChI=1S/C17H22N4O2/c1-17(2,3)21-16(22)14-9-15(20-11-19-14)18-10-12-5-7-13(23-4)8-6-12/h5-9,11H,10H2,1-4H3,(H,21,22)(H,18,19,20). The van der Waals surface area contributed by atoms with Gasteiger partial charge in [0, 0.05) is 18.2 Å². The molecule has 1 aromatic heterocycles. The van der Waals surface area contributed by atoms with Crippen molar-refractivity contribution < 1.29 is 9.53 Å². The molecule has 0 saturated heterocycles. The molecule has 0 spiro atoms. The molecule has 0 atom stereocenters. The molecule has 1 aromatic carbocycles. The highest BCUT2D eigenvalue weighted by molar-refractivity contribution is 5.93. The molecule has 0 fully saturated rings. The fraction of sp³-hybridized carbons (Fsp3) is 0.353. The van der Waals surface area contributed by atoms with Gasteiger partial charge >= 0.3 is 0 Å². The van der Waals surface area contributed by atoms with Crippen LogP contribution in [0.25, 0.3) is 0 Å². The summed E-state index contributed by atoms with van der Waals surface area (Å²) in [6, 6.07) is 9.39. The predicted molar refractivity (Wildman–Crippen MR) is 89.6 cm³/mol. The average Bonchev–Trinajstić information content (AvgIpc) is 2.52.